The summed E-state index contributed by atoms with van der Waals surface area (Å²) in [5.41, 5.74) is 4.41. The van der Waals surface area contributed by atoms with Crippen LogP contribution >= 0.6 is 20.8 Å². The Hall–Kier alpha value is -2.60. The number of allylic oxidation sites excluding steroid dienone is 3. The molecule has 2 rings (SSSR count). The van der Waals surface area contributed by atoms with Gasteiger partial charge in [-0.1, -0.05) is 85.1 Å². The Kier molecular flexibility index (Phi) is 13.1. The van der Waals surface area contributed by atoms with Gasteiger partial charge in [0.2, 0.25) is 0 Å². The van der Waals surface area contributed by atoms with Crippen LogP contribution in [0, 0.1) is 0 Å². The number of benzene rings is 2. The Morgan fingerprint density at radius 2 is 1.73 bits per heavy atom. The van der Waals surface area contributed by atoms with E-state index in [4.69, 9.17) is 16.3 Å². The van der Waals surface area contributed by atoms with Crippen molar-refractivity contribution in [3.05, 3.63) is 108 Å². The highest BCUT2D eigenvalue weighted by molar-refractivity contribution is 8.27. The first-order valence-electron chi connectivity index (χ1n) is 11.8. The molecule has 0 aliphatic rings. The van der Waals surface area contributed by atoms with Gasteiger partial charge in [0.05, 0.1) is 0 Å². The topological polar surface area (TPSA) is 12.5 Å². The third-order valence-corrected chi connectivity index (χ3v) is 6.32. The van der Waals surface area contributed by atoms with Crippen LogP contribution in [-0.2, 0) is 11.3 Å². The quantitative estimate of drug-likeness (QED) is 0.159. The lowest BCUT2D eigenvalue weighted by Crippen LogP contribution is -2.29. The average molecular weight is 548 g/mol. The van der Waals surface area contributed by atoms with Crippen LogP contribution in [-0.4, -0.2) is 54.8 Å². The molecule has 0 heterocycles. The summed E-state index contributed by atoms with van der Waals surface area (Å²) in [5.74, 6) is 6.01. The number of rotatable bonds is 11. The van der Waals surface area contributed by atoms with E-state index in [1.165, 1.54) is 29.7 Å². The lowest BCUT2D eigenvalue weighted by atomic mass is 10.0. The van der Waals surface area contributed by atoms with E-state index in [0.717, 1.165) is 18.5 Å². The highest BCUT2D eigenvalue weighted by atomic mass is 35.5. The van der Waals surface area contributed by atoms with E-state index < -0.39 is 21.2 Å². The SMILES string of the molecule is C=C/C=C(OC(C)C(C)(F)F)\C(C=C)=C/CS(=C)(=C)C.CN(C)Cc1cccc(-c2ccc(Cl)cc2)c1. The standard InChI is InChI=1S/C16H24F2OS.C15H16ClN/c1-8-10-15(19-13(3)16(4,17)18)14(9-2)11-12-20(5,6)7;1-17(2)11-12-4-3-5-14(10-12)13-6-8-15(16)9-7-13/h8-11,13H,1-2,5-6,12H2,3-4,7H3;3-10H,11H2,1-2H3/b14-11-,15-10+;. The number of hydrogen-bond acceptors (Lipinski definition) is 2. The van der Waals surface area contributed by atoms with Gasteiger partial charge in [-0.15, -0.1) is 0 Å². The average Bonchev–Trinajstić information content (AvgIpc) is 2.79. The molecule has 0 fully saturated rings. The molecule has 6 heteroatoms. The molecule has 0 saturated carbocycles. The number of nitrogens with zero attached hydrogens (tertiary/aromatic N) is 1. The van der Waals surface area contributed by atoms with Gasteiger partial charge < -0.3 is 9.64 Å². The largest absolute Gasteiger partial charge is 0.484 e. The predicted molar refractivity (Wildman–Crippen MR) is 165 cm³/mol. The van der Waals surface area contributed by atoms with Gasteiger partial charge in [-0.3, -0.25) is 0 Å². The third-order valence-electron chi connectivity index (χ3n) is 5.10. The van der Waals surface area contributed by atoms with Crippen molar-refractivity contribution < 1.29 is 13.5 Å². The lowest BCUT2D eigenvalue weighted by molar-refractivity contribution is -0.0944. The van der Waals surface area contributed by atoms with E-state index in [1.807, 2.05) is 24.5 Å². The number of halogens is 3. The van der Waals surface area contributed by atoms with Gasteiger partial charge in [0.1, 0.15) is 5.76 Å². The molecule has 0 aliphatic carbocycles. The maximum absolute atomic E-state index is 13.2. The van der Waals surface area contributed by atoms with Gasteiger partial charge in [0.15, 0.2) is 6.10 Å². The van der Waals surface area contributed by atoms with Crippen LogP contribution in [0.1, 0.15) is 19.4 Å². The zero-order chi connectivity index (χ0) is 28.2. The summed E-state index contributed by atoms with van der Waals surface area (Å²) in [4.78, 5) is 2.17. The van der Waals surface area contributed by atoms with Crippen molar-refractivity contribution >= 4 is 32.5 Å². The Morgan fingerprint density at radius 1 is 1.11 bits per heavy atom. The van der Waals surface area contributed by atoms with Crippen LogP contribution in [0.25, 0.3) is 11.1 Å². The molecule has 0 radical (unpaired) electrons. The first kappa shape index (κ1) is 32.4. The second kappa shape index (κ2) is 15.0. The van der Waals surface area contributed by atoms with Crippen molar-refractivity contribution in [2.45, 2.75) is 32.4 Å². The molecule has 0 N–H and O–H groups in total. The van der Waals surface area contributed by atoms with Crippen molar-refractivity contribution in [2.75, 3.05) is 26.1 Å². The molecule has 0 bridgehead atoms. The fourth-order valence-corrected chi connectivity index (χ4v) is 3.74. The molecule has 2 nitrogen and oxygen atoms in total. The van der Waals surface area contributed by atoms with Crippen molar-refractivity contribution in [3.63, 3.8) is 0 Å². The molecule has 0 amide bonds. The first-order chi connectivity index (χ1) is 17.2. The van der Waals surface area contributed by atoms with Crippen LogP contribution in [0.2, 0.25) is 5.02 Å². The summed E-state index contributed by atoms with van der Waals surface area (Å²) in [6.07, 6.45) is 7.20. The molecule has 0 spiro atoms. The molecule has 37 heavy (non-hydrogen) atoms. The predicted octanol–water partition coefficient (Wildman–Crippen LogP) is 8.60. The van der Waals surface area contributed by atoms with Gasteiger partial charge in [-0.05, 0) is 68.2 Å². The van der Waals surface area contributed by atoms with Crippen LogP contribution in [0.15, 0.2) is 97.3 Å². The van der Waals surface area contributed by atoms with Crippen LogP contribution in [0.4, 0.5) is 8.78 Å². The van der Waals surface area contributed by atoms with Gasteiger partial charge in [-0.2, -0.15) is 0 Å². The van der Waals surface area contributed by atoms with Gasteiger partial charge in [-0.25, -0.2) is 18.0 Å². The Labute approximate surface area is 228 Å². The van der Waals surface area contributed by atoms with E-state index in [1.54, 1.807) is 12.2 Å². The van der Waals surface area contributed by atoms with Crippen molar-refractivity contribution in [1.82, 2.24) is 4.90 Å². The zero-order valence-electron chi connectivity index (χ0n) is 22.6. The summed E-state index contributed by atoms with van der Waals surface area (Å²) >= 11 is 5.89. The van der Waals surface area contributed by atoms with E-state index in [-0.39, 0.29) is 0 Å². The summed E-state index contributed by atoms with van der Waals surface area (Å²) < 4.78 is 31.8. The van der Waals surface area contributed by atoms with Crippen molar-refractivity contribution in [1.29, 1.82) is 0 Å². The lowest BCUT2D eigenvalue weighted by Gasteiger charge is -2.23. The molecule has 2 aromatic carbocycles. The van der Waals surface area contributed by atoms with Gasteiger partial charge in [0.25, 0.3) is 5.92 Å². The Bertz CT molecular complexity index is 1190. The minimum absolute atomic E-state index is 0.327. The van der Waals surface area contributed by atoms with Crippen LogP contribution < -0.4 is 0 Å². The highest BCUT2D eigenvalue weighted by Crippen LogP contribution is 2.26. The second-order valence-corrected chi connectivity index (χ2v) is 13.2. The molecule has 1 atom stereocenters. The van der Waals surface area contributed by atoms with E-state index in [0.29, 0.717) is 17.1 Å². The molecule has 202 valence electrons. The fraction of sp³-hybridized carbons (Fsp3) is 0.290. The van der Waals surface area contributed by atoms with Crippen molar-refractivity contribution in [3.8, 4) is 11.1 Å². The Morgan fingerprint density at radius 3 is 2.22 bits per heavy atom. The van der Waals surface area contributed by atoms with E-state index in [2.05, 4.69) is 80.3 Å². The third kappa shape index (κ3) is 13.0. The molecule has 0 saturated heterocycles. The number of alkyl halides is 2. The maximum atomic E-state index is 13.2. The minimum atomic E-state index is -2.93. The maximum Gasteiger partial charge on any atom is 0.281 e. The number of hydrogen-bond donors (Lipinski definition) is 0. The summed E-state index contributed by atoms with van der Waals surface area (Å²) in [6, 6.07) is 16.6. The van der Waals surface area contributed by atoms with Gasteiger partial charge >= 0.3 is 0 Å². The smallest absolute Gasteiger partial charge is 0.281 e. The van der Waals surface area contributed by atoms with E-state index >= 15 is 0 Å². The monoisotopic (exact) mass is 547 g/mol. The minimum Gasteiger partial charge on any atom is -0.484 e. The molecular formula is C31H40ClF2NOS. The van der Waals surface area contributed by atoms with Crippen LogP contribution in [0.3, 0.4) is 0 Å². The normalized spacial score (nSPS) is 13.4. The molecule has 0 aliphatic heterocycles. The van der Waals surface area contributed by atoms with Gasteiger partial charge in [0, 0.05) is 29.8 Å². The highest BCUT2D eigenvalue weighted by Gasteiger charge is 2.32. The Balaban J connectivity index is 0.000000373. The molecule has 2 aromatic rings. The van der Waals surface area contributed by atoms with Crippen LogP contribution in [0.5, 0.6) is 0 Å². The summed E-state index contributed by atoms with van der Waals surface area (Å²) in [6.45, 7) is 10.4. The first-order valence-corrected chi connectivity index (χ1v) is 14.7. The second-order valence-electron chi connectivity index (χ2n) is 9.44. The number of ether oxygens (including phenoxy) is 1. The molecule has 1 unspecified atom stereocenters. The zero-order valence-corrected chi connectivity index (χ0v) is 24.2. The van der Waals surface area contributed by atoms with E-state index in [9.17, 15) is 8.78 Å². The van der Waals surface area contributed by atoms with Crippen molar-refractivity contribution in [2.24, 2.45) is 0 Å². The molecule has 0 aromatic heterocycles. The molecular weight excluding hydrogens is 508 g/mol. The fourth-order valence-electron chi connectivity index (χ4n) is 3.04. The summed E-state index contributed by atoms with van der Waals surface area (Å²) in [5, 5.41) is 0.776. The summed E-state index contributed by atoms with van der Waals surface area (Å²) in [7, 11) is 2.94.